The fourth-order valence-corrected chi connectivity index (χ4v) is 0.580. The molecular weight excluding hydrogens is 176 g/mol. The van der Waals surface area contributed by atoms with E-state index in [1.54, 1.807) is 6.92 Å². The number of ether oxygens (including phenoxy) is 3. The topological polar surface area (TPSA) is 61.8 Å². The summed E-state index contributed by atoms with van der Waals surface area (Å²) in [6, 6.07) is 0. The zero-order valence-corrected chi connectivity index (χ0v) is 8.03. The Morgan fingerprint density at radius 1 is 1.38 bits per heavy atom. The monoisotopic (exact) mass is 190 g/mol. The second-order valence-electron chi connectivity index (χ2n) is 2.28. The summed E-state index contributed by atoms with van der Waals surface area (Å²) in [7, 11) is 1.25. The van der Waals surface area contributed by atoms with Gasteiger partial charge in [-0.1, -0.05) is 0 Å². The van der Waals surface area contributed by atoms with Crippen LogP contribution in [0.15, 0.2) is 0 Å². The highest BCUT2D eigenvalue weighted by Gasteiger charge is 2.15. The lowest BCUT2D eigenvalue weighted by Crippen LogP contribution is -2.26. The highest BCUT2D eigenvalue weighted by Crippen LogP contribution is 1.94. The quantitative estimate of drug-likeness (QED) is 0.576. The van der Waals surface area contributed by atoms with Gasteiger partial charge in [0.1, 0.15) is 6.61 Å². The summed E-state index contributed by atoms with van der Waals surface area (Å²) >= 11 is 0. The second-order valence-corrected chi connectivity index (χ2v) is 2.28. The van der Waals surface area contributed by atoms with Crippen LogP contribution in [0.2, 0.25) is 0 Å². The molecule has 0 heterocycles. The molecule has 0 aliphatic carbocycles. The lowest BCUT2D eigenvalue weighted by molar-refractivity contribution is -0.160. The lowest BCUT2D eigenvalue weighted by Gasteiger charge is -2.10. The molecule has 5 heteroatoms. The molecule has 0 saturated heterocycles. The molecule has 0 aromatic carbocycles. The van der Waals surface area contributed by atoms with Crippen LogP contribution in [0.4, 0.5) is 0 Å². The number of methoxy groups -OCH3 is 1. The third-order valence-electron chi connectivity index (χ3n) is 1.30. The van der Waals surface area contributed by atoms with Crippen molar-refractivity contribution in [2.75, 3.05) is 20.3 Å². The van der Waals surface area contributed by atoms with Gasteiger partial charge in [-0.3, -0.25) is 0 Å². The Hall–Kier alpha value is -1.10. The number of carbonyl (C=O) groups is 2. The van der Waals surface area contributed by atoms with Crippen molar-refractivity contribution in [1.82, 2.24) is 0 Å². The standard InChI is InChI=1S/C8H14O5/c1-4-12-8(10)6(2)13-5-7(9)11-3/h6H,4-5H2,1-3H3/t6-/m1/s1. The van der Waals surface area contributed by atoms with E-state index in [0.29, 0.717) is 6.61 Å². The largest absolute Gasteiger partial charge is 0.467 e. The molecule has 13 heavy (non-hydrogen) atoms. The minimum absolute atomic E-state index is 0.240. The SMILES string of the molecule is CCOC(=O)[C@@H](C)OCC(=O)OC. The lowest BCUT2D eigenvalue weighted by atomic mass is 10.4. The van der Waals surface area contributed by atoms with E-state index >= 15 is 0 Å². The molecule has 0 amide bonds. The number of rotatable bonds is 5. The molecule has 0 aliphatic rings. The van der Waals surface area contributed by atoms with Gasteiger partial charge in [0.15, 0.2) is 6.10 Å². The van der Waals surface area contributed by atoms with Crippen molar-refractivity contribution < 1.29 is 23.8 Å². The fraction of sp³-hybridized carbons (Fsp3) is 0.750. The Bertz CT molecular complexity index is 177. The van der Waals surface area contributed by atoms with Crippen LogP contribution in [0.3, 0.4) is 0 Å². The smallest absolute Gasteiger partial charge is 0.334 e. The average molecular weight is 190 g/mol. The zero-order valence-electron chi connectivity index (χ0n) is 8.03. The van der Waals surface area contributed by atoms with Gasteiger partial charge < -0.3 is 14.2 Å². The molecular formula is C8H14O5. The number of carbonyl (C=O) groups excluding carboxylic acids is 2. The molecule has 5 nitrogen and oxygen atoms in total. The first-order valence-corrected chi connectivity index (χ1v) is 3.96. The van der Waals surface area contributed by atoms with Crippen LogP contribution in [0, 0.1) is 0 Å². The van der Waals surface area contributed by atoms with E-state index in [4.69, 9.17) is 4.74 Å². The Labute approximate surface area is 77.0 Å². The summed E-state index contributed by atoms with van der Waals surface area (Å²) in [5.74, 6) is -0.998. The fourth-order valence-electron chi connectivity index (χ4n) is 0.580. The maximum atomic E-state index is 10.9. The summed E-state index contributed by atoms with van der Waals surface area (Å²) in [4.78, 5) is 21.5. The Balaban J connectivity index is 3.67. The van der Waals surface area contributed by atoms with Crippen LogP contribution < -0.4 is 0 Å². The van der Waals surface area contributed by atoms with Crippen LogP contribution in [0.1, 0.15) is 13.8 Å². The number of hydrogen-bond donors (Lipinski definition) is 0. The van der Waals surface area contributed by atoms with Gasteiger partial charge in [-0.15, -0.1) is 0 Å². The molecule has 0 aromatic heterocycles. The highest BCUT2D eigenvalue weighted by atomic mass is 16.6. The average Bonchev–Trinajstić information content (AvgIpc) is 2.13. The molecule has 0 radical (unpaired) electrons. The van der Waals surface area contributed by atoms with E-state index in [1.165, 1.54) is 14.0 Å². The third-order valence-corrected chi connectivity index (χ3v) is 1.30. The predicted octanol–water partition coefficient (Wildman–Crippen LogP) is 0.128. The van der Waals surface area contributed by atoms with E-state index in [1.807, 2.05) is 0 Å². The molecule has 0 N–H and O–H groups in total. The van der Waals surface area contributed by atoms with Gasteiger partial charge in [0.25, 0.3) is 0 Å². The first-order valence-electron chi connectivity index (χ1n) is 3.96. The van der Waals surface area contributed by atoms with E-state index < -0.39 is 18.0 Å². The summed E-state index contributed by atoms with van der Waals surface area (Å²) in [5, 5.41) is 0. The first-order chi connectivity index (χ1) is 6.11. The molecule has 0 unspecified atom stereocenters. The van der Waals surface area contributed by atoms with Gasteiger partial charge >= 0.3 is 11.9 Å². The summed E-state index contributed by atoms with van der Waals surface area (Å²) < 4.78 is 13.8. The number of hydrogen-bond acceptors (Lipinski definition) is 5. The molecule has 0 fully saturated rings. The normalized spacial score (nSPS) is 11.9. The van der Waals surface area contributed by atoms with Crippen molar-refractivity contribution in [3.8, 4) is 0 Å². The summed E-state index contributed by atoms with van der Waals surface area (Å²) in [6.07, 6.45) is -0.737. The summed E-state index contributed by atoms with van der Waals surface area (Å²) in [5.41, 5.74) is 0. The predicted molar refractivity (Wildman–Crippen MR) is 44.1 cm³/mol. The third kappa shape index (κ3) is 5.19. The molecule has 1 atom stereocenters. The van der Waals surface area contributed by atoms with Crippen molar-refractivity contribution in [2.45, 2.75) is 20.0 Å². The van der Waals surface area contributed by atoms with Crippen LogP contribution in [-0.4, -0.2) is 38.4 Å². The first kappa shape index (κ1) is 11.9. The molecule has 76 valence electrons. The molecule has 0 saturated carbocycles. The van der Waals surface area contributed by atoms with Crippen LogP contribution in [0.5, 0.6) is 0 Å². The summed E-state index contributed by atoms with van der Waals surface area (Å²) in [6.45, 7) is 3.27. The highest BCUT2D eigenvalue weighted by molar-refractivity contribution is 5.75. The van der Waals surface area contributed by atoms with E-state index in [-0.39, 0.29) is 6.61 Å². The van der Waals surface area contributed by atoms with Crippen molar-refractivity contribution in [2.24, 2.45) is 0 Å². The molecule has 0 aliphatic heterocycles. The van der Waals surface area contributed by atoms with E-state index in [2.05, 4.69) is 9.47 Å². The Kier molecular flexibility index (Phi) is 5.88. The maximum absolute atomic E-state index is 10.9. The van der Waals surface area contributed by atoms with Crippen molar-refractivity contribution in [3.63, 3.8) is 0 Å². The molecule has 0 rings (SSSR count). The molecule has 0 spiro atoms. The van der Waals surface area contributed by atoms with Crippen LogP contribution >= 0.6 is 0 Å². The Morgan fingerprint density at radius 3 is 2.46 bits per heavy atom. The maximum Gasteiger partial charge on any atom is 0.334 e. The van der Waals surface area contributed by atoms with Crippen LogP contribution in [-0.2, 0) is 23.8 Å². The van der Waals surface area contributed by atoms with Gasteiger partial charge in [0.2, 0.25) is 0 Å². The van der Waals surface area contributed by atoms with Gasteiger partial charge in [-0.2, -0.15) is 0 Å². The van der Waals surface area contributed by atoms with Gasteiger partial charge in [0.05, 0.1) is 13.7 Å². The number of esters is 2. The van der Waals surface area contributed by atoms with E-state index in [9.17, 15) is 9.59 Å². The van der Waals surface area contributed by atoms with Crippen LogP contribution in [0.25, 0.3) is 0 Å². The molecule has 0 aromatic rings. The van der Waals surface area contributed by atoms with Gasteiger partial charge in [0, 0.05) is 0 Å². The minimum atomic E-state index is -0.737. The van der Waals surface area contributed by atoms with Crippen molar-refractivity contribution in [3.05, 3.63) is 0 Å². The van der Waals surface area contributed by atoms with E-state index in [0.717, 1.165) is 0 Å². The Morgan fingerprint density at radius 2 is 2.00 bits per heavy atom. The minimum Gasteiger partial charge on any atom is -0.467 e. The zero-order chi connectivity index (χ0) is 10.3. The molecule has 0 bridgehead atoms. The second kappa shape index (κ2) is 6.42. The van der Waals surface area contributed by atoms with Crippen molar-refractivity contribution in [1.29, 1.82) is 0 Å². The van der Waals surface area contributed by atoms with Gasteiger partial charge in [-0.05, 0) is 13.8 Å². The van der Waals surface area contributed by atoms with Crippen molar-refractivity contribution >= 4 is 11.9 Å². The van der Waals surface area contributed by atoms with Gasteiger partial charge in [-0.25, -0.2) is 9.59 Å².